The van der Waals surface area contributed by atoms with Crippen LogP contribution in [-0.4, -0.2) is 24.1 Å². The summed E-state index contributed by atoms with van der Waals surface area (Å²) < 4.78 is 36.4. The van der Waals surface area contributed by atoms with Crippen molar-refractivity contribution in [1.29, 1.82) is 0 Å². The molecule has 6 heteroatoms. The van der Waals surface area contributed by atoms with Crippen molar-refractivity contribution in [3.63, 3.8) is 0 Å². The molecular formula is C24H31NO4S. The first-order valence-corrected chi connectivity index (χ1v) is 12.5. The molecule has 0 aliphatic heterocycles. The van der Waals surface area contributed by atoms with Crippen LogP contribution < -0.4 is 0 Å². The van der Waals surface area contributed by atoms with Gasteiger partial charge in [0.05, 0.1) is 6.10 Å². The van der Waals surface area contributed by atoms with Crippen LogP contribution in [0.4, 0.5) is 0 Å². The predicted octanol–water partition coefficient (Wildman–Crippen LogP) is 5.23. The van der Waals surface area contributed by atoms with Crippen molar-refractivity contribution in [3.8, 4) is 0 Å². The molecule has 1 heterocycles. The van der Waals surface area contributed by atoms with Gasteiger partial charge in [-0.1, -0.05) is 37.6 Å². The summed E-state index contributed by atoms with van der Waals surface area (Å²) in [6.45, 7) is 4.84. The molecule has 0 radical (unpaired) electrons. The van der Waals surface area contributed by atoms with Crippen molar-refractivity contribution in [3.05, 3.63) is 47.8 Å². The van der Waals surface area contributed by atoms with E-state index in [1.807, 2.05) is 18.5 Å². The number of fused-ring (bicyclic) bond motifs is 5. The molecule has 4 aliphatic carbocycles. The van der Waals surface area contributed by atoms with Gasteiger partial charge in [-0.25, -0.2) is 4.18 Å². The van der Waals surface area contributed by atoms with E-state index in [0.717, 1.165) is 19.3 Å². The minimum Gasteiger partial charge on any atom is -0.264 e. The molecule has 162 valence electrons. The molecule has 1 N–H and O–H groups in total. The Morgan fingerprint density at radius 1 is 1.10 bits per heavy atom. The smallest absolute Gasteiger partial charge is 0.264 e. The van der Waals surface area contributed by atoms with E-state index in [2.05, 4.69) is 37.0 Å². The monoisotopic (exact) mass is 429 g/mol. The third kappa shape index (κ3) is 3.19. The summed E-state index contributed by atoms with van der Waals surface area (Å²) in [5.74, 6) is 1.93. The van der Waals surface area contributed by atoms with Gasteiger partial charge in [0.25, 0.3) is 0 Å². The van der Waals surface area contributed by atoms with Gasteiger partial charge in [0, 0.05) is 12.4 Å². The summed E-state index contributed by atoms with van der Waals surface area (Å²) in [6.07, 6.45) is 15.0. The minimum atomic E-state index is -4.40. The van der Waals surface area contributed by atoms with Crippen molar-refractivity contribution in [2.75, 3.05) is 0 Å². The van der Waals surface area contributed by atoms with E-state index < -0.39 is 16.5 Å². The maximum atomic E-state index is 11.2. The molecule has 0 amide bonds. The lowest BCUT2D eigenvalue weighted by atomic mass is 9.47. The largest absolute Gasteiger partial charge is 0.397 e. The first-order valence-electron chi connectivity index (χ1n) is 11.2. The first kappa shape index (κ1) is 20.4. The molecule has 0 spiro atoms. The number of nitrogens with zero attached hydrogens (tertiary/aromatic N) is 1. The lowest BCUT2D eigenvalue weighted by Gasteiger charge is -2.57. The zero-order valence-corrected chi connectivity index (χ0v) is 18.6. The highest BCUT2D eigenvalue weighted by Crippen LogP contribution is 2.66. The summed E-state index contributed by atoms with van der Waals surface area (Å²) >= 11 is 0. The normalized spacial score (nSPS) is 40.6. The Kier molecular flexibility index (Phi) is 4.77. The van der Waals surface area contributed by atoms with Crippen molar-refractivity contribution in [1.82, 2.24) is 4.98 Å². The Morgan fingerprint density at radius 3 is 2.63 bits per heavy atom. The molecule has 1 aromatic rings. The van der Waals surface area contributed by atoms with Gasteiger partial charge in [0.2, 0.25) is 0 Å². The molecular weight excluding hydrogens is 398 g/mol. The topological polar surface area (TPSA) is 76.5 Å². The highest BCUT2D eigenvalue weighted by molar-refractivity contribution is 7.80. The van der Waals surface area contributed by atoms with E-state index in [4.69, 9.17) is 8.74 Å². The van der Waals surface area contributed by atoms with Crippen LogP contribution in [-0.2, 0) is 14.6 Å². The fraction of sp³-hybridized carbons (Fsp3) is 0.625. The summed E-state index contributed by atoms with van der Waals surface area (Å²) in [6, 6.07) is 4.22. The van der Waals surface area contributed by atoms with E-state index in [1.54, 1.807) is 0 Å². The van der Waals surface area contributed by atoms with Gasteiger partial charge in [0.1, 0.15) is 0 Å². The molecule has 2 saturated carbocycles. The highest BCUT2D eigenvalue weighted by Gasteiger charge is 2.57. The van der Waals surface area contributed by atoms with Gasteiger partial charge >= 0.3 is 10.4 Å². The van der Waals surface area contributed by atoms with Crippen LogP contribution in [0.1, 0.15) is 64.4 Å². The number of aromatic nitrogens is 1. The van der Waals surface area contributed by atoms with E-state index in [0.29, 0.717) is 30.6 Å². The summed E-state index contributed by atoms with van der Waals surface area (Å²) in [4.78, 5) is 4.35. The number of allylic oxidation sites excluding steroid dienone is 3. The number of pyridine rings is 1. The van der Waals surface area contributed by atoms with Crippen molar-refractivity contribution in [2.45, 2.75) is 64.9 Å². The zero-order valence-electron chi connectivity index (χ0n) is 17.8. The van der Waals surface area contributed by atoms with E-state index >= 15 is 0 Å². The van der Waals surface area contributed by atoms with Crippen molar-refractivity contribution in [2.24, 2.45) is 28.6 Å². The Hall–Kier alpha value is -1.50. The number of hydrogen-bond donors (Lipinski definition) is 1. The van der Waals surface area contributed by atoms with Gasteiger partial charge in [-0.3, -0.25) is 9.54 Å². The molecule has 0 aromatic carbocycles. The second-order valence-corrected chi connectivity index (χ2v) is 11.2. The lowest BCUT2D eigenvalue weighted by molar-refractivity contribution is -0.0214. The Morgan fingerprint density at radius 2 is 1.90 bits per heavy atom. The van der Waals surface area contributed by atoms with E-state index in [-0.39, 0.29) is 10.8 Å². The second-order valence-electron chi connectivity index (χ2n) is 10.2. The van der Waals surface area contributed by atoms with Crippen LogP contribution >= 0.6 is 0 Å². The van der Waals surface area contributed by atoms with Crippen LogP contribution in [0.2, 0.25) is 0 Å². The molecule has 1 unspecified atom stereocenters. The third-order valence-electron chi connectivity index (χ3n) is 8.87. The summed E-state index contributed by atoms with van der Waals surface area (Å²) in [7, 11) is -4.40. The molecule has 4 aliphatic rings. The van der Waals surface area contributed by atoms with Crippen LogP contribution in [0.25, 0.3) is 5.57 Å². The minimum absolute atomic E-state index is 0.111. The Labute approximate surface area is 179 Å². The summed E-state index contributed by atoms with van der Waals surface area (Å²) in [5, 5.41) is 0. The summed E-state index contributed by atoms with van der Waals surface area (Å²) in [5.41, 5.74) is 4.40. The van der Waals surface area contributed by atoms with Crippen LogP contribution in [0.5, 0.6) is 0 Å². The Bertz CT molecular complexity index is 1000. The SMILES string of the molecule is C[C@]12CCC(OS(=O)(=O)O)CC1=CC[C@@H]1[C@@H]2CC[C@]2(C)C(c3cccnc3)=CC[C@@H]12. The van der Waals surface area contributed by atoms with Crippen LogP contribution in [0.3, 0.4) is 0 Å². The second kappa shape index (κ2) is 7.01. The van der Waals surface area contributed by atoms with Crippen LogP contribution in [0.15, 0.2) is 42.3 Å². The molecule has 5 rings (SSSR count). The van der Waals surface area contributed by atoms with Gasteiger partial charge in [-0.15, -0.1) is 0 Å². The maximum Gasteiger partial charge on any atom is 0.397 e. The lowest BCUT2D eigenvalue weighted by Crippen LogP contribution is -2.50. The van der Waals surface area contributed by atoms with E-state index in [9.17, 15) is 8.42 Å². The average Bonchev–Trinajstić information content (AvgIpc) is 3.05. The molecule has 5 nitrogen and oxygen atoms in total. The molecule has 30 heavy (non-hydrogen) atoms. The van der Waals surface area contributed by atoms with Crippen molar-refractivity contribution >= 4 is 16.0 Å². The number of rotatable bonds is 3. The molecule has 6 atom stereocenters. The molecule has 2 fully saturated rings. The average molecular weight is 430 g/mol. The predicted molar refractivity (Wildman–Crippen MR) is 116 cm³/mol. The quantitative estimate of drug-likeness (QED) is 0.526. The molecule has 0 saturated heterocycles. The van der Waals surface area contributed by atoms with Gasteiger partial charge in [0.15, 0.2) is 0 Å². The van der Waals surface area contributed by atoms with Gasteiger partial charge in [-0.05, 0) is 90.7 Å². The third-order valence-corrected chi connectivity index (χ3v) is 9.39. The standard InChI is InChI=1S/C24H31NO4S/c1-23-11-9-18(29-30(26,27)28)14-17(23)5-6-19-21-8-7-20(16-4-3-13-25-15-16)24(21,2)12-10-22(19)23/h3-5,7,13,15,18-19,21-22H,6,8-12,14H2,1-2H3,(H,26,27,28)/t18?,19-,21-,22-,23-,24+/m0/s1. The number of hydrogen-bond acceptors (Lipinski definition) is 4. The van der Waals surface area contributed by atoms with Crippen LogP contribution in [0, 0.1) is 28.6 Å². The first-order chi connectivity index (χ1) is 14.2. The maximum absolute atomic E-state index is 11.2. The van der Waals surface area contributed by atoms with Gasteiger partial charge < -0.3 is 0 Å². The highest BCUT2D eigenvalue weighted by atomic mass is 32.3. The fourth-order valence-corrected chi connectivity index (χ4v) is 7.93. The molecule has 0 bridgehead atoms. The van der Waals surface area contributed by atoms with E-state index in [1.165, 1.54) is 29.6 Å². The fourth-order valence-electron chi connectivity index (χ4n) is 7.42. The van der Waals surface area contributed by atoms with Crippen molar-refractivity contribution < 1.29 is 17.2 Å². The molecule has 1 aromatic heterocycles. The van der Waals surface area contributed by atoms with Gasteiger partial charge in [-0.2, -0.15) is 8.42 Å². The Balaban J connectivity index is 1.40. The zero-order chi connectivity index (χ0) is 21.1.